The molecule has 0 heterocycles. The third-order valence-electron chi connectivity index (χ3n) is 3.73. The second-order valence-corrected chi connectivity index (χ2v) is 7.05. The summed E-state index contributed by atoms with van der Waals surface area (Å²) in [5, 5.41) is 8.31. The summed E-state index contributed by atoms with van der Waals surface area (Å²) in [4.78, 5) is 26.6. The molecule has 1 aliphatic carbocycles. The molecule has 7 nitrogen and oxygen atoms in total. The van der Waals surface area contributed by atoms with Crippen LogP contribution in [0.25, 0.3) is 0 Å². The molecule has 0 aromatic carbocycles. The number of amides is 4. The molecule has 0 saturated heterocycles. The predicted molar refractivity (Wildman–Crippen MR) is 92.5 cm³/mol. The summed E-state index contributed by atoms with van der Waals surface area (Å²) in [5.74, 6) is 0. The lowest BCUT2D eigenvalue weighted by molar-refractivity contribution is 0.149. The van der Waals surface area contributed by atoms with Gasteiger partial charge in [0.1, 0.15) is 0 Å². The van der Waals surface area contributed by atoms with E-state index in [2.05, 4.69) is 4.72 Å². The number of rotatable bonds is 4. The van der Waals surface area contributed by atoms with E-state index in [0.29, 0.717) is 11.7 Å². The van der Waals surface area contributed by atoms with Gasteiger partial charge in [-0.25, -0.2) is 9.59 Å². The molecule has 1 fully saturated rings. The molecule has 4 amide bonds. The van der Waals surface area contributed by atoms with E-state index in [4.69, 9.17) is 10.1 Å². The van der Waals surface area contributed by atoms with Crippen LogP contribution in [0.3, 0.4) is 0 Å². The van der Waals surface area contributed by atoms with Crippen molar-refractivity contribution in [2.24, 2.45) is 0 Å². The molecule has 0 aromatic rings. The largest absolute Gasteiger partial charge is 0.462 e. The van der Waals surface area contributed by atoms with Crippen molar-refractivity contribution in [3.63, 3.8) is 0 Å². The fourth-order valence-corrected chi connectivity index (χ4v) is 3.08. The molecule has 0 radical (unpaired) electrons. The van der Waals surface area contributed by atoms with Gasteiger partial charge in [-0.3, -0.25) is 10.1 Å². The van der Waals surface area contributed by atoms with Crippen LogP contribution >= 0.6 is 11.9 Å². The Labute approximate surface area is 142 Å². The molecule has 1 unspecified atom stereocenters. The minimum atomic E-state index is -0.632. The van der Waals surface area contributed by atoms with Crippen LogP contribution in [0.1, 0.15) is 52.4 Å². The lowest BCUT2D eigenvalue weighted by atomic mass is 10.0. The van der Waals surface area contributed by atoms with E-state index in [1.54, 1.807) is 6.92 Å². The monoisotopic (exact) mass is 344 g/mol. The van der Waals surface area contributed by atoms with E-state index < -0.39 is 18.1 Å². The van der Waals surface area contributed by atoms with E-state index in [1.807, 2.05) is 6.92 Å². The van der Waals surface area contributed by atoms with E-state index >= 15 is 0 Å². The number of carbonyl (C=O) groups excluding carboxylic acids is 2. The Hall–Kier alpha value is -1.44. The van der Waals surface area contributed by atoms with Crippen LogP contribution in [-0.2, 0) is 4.74 Å². The quantitative estimate of drug-likeness (QED) is 0.465. The number of amidine groups is 1. The molecular formula is C15H28N4O3S. The number of hydrogen-bond donors (Lipinski definition) is 2. The van der Waals surface area contributed by atoms with Gasteiger partial charge < -0.3 is 9.64 Å². The van der Waals surface area contributed by atoms with Crippen LogP contribution in [0.2, 0.25) is 0 Å². The van der Waals surface area contributed by atoms with Gasteiger partial charge in [0.2, 0.25) is 0 Å². The lowest BCUT2D eigenvalue weighted by Crippen LogP contribution is -2.51. The maximum Gasteiger partial charge on any atom is 0.343 e. The fourth-order valence-electron chi connectivity index (χ4n) is 2.15. The molecule has 132 valence electrons. The van der Waals surface area contributed by atoms with Crippen molar-refractivity contribution in [1.82, 2.24) is 14.5 Å². The van der Waals surface area contributed by atoms with Crippen molar-refractivity contribution < 1.29 is 14.3 Å². The Kier molecular flexibility index (Phi) is 8.22. The van der Waals surface area contributed by atoms with Crippen molar-refractivity contribution in [3.05, 3.63) is 0 Å². The van der Waals surface area contributed by atoms with Crippen LogP contribution < -0.4 is 4.72 Å². The fraction of sp³-hybridized carbons (Fsp3) is 0.800. The van der Waals surface area contributed by atoms with Crippen LogP contribution in [0.4, 0.5) is 9.59 Å². The number of hydrogen-bond acceptors (Lipinski definition) is 5. The smallest absolute Gasteiger partial charge is 0.343 e. The van der Waals surface area contributed by atoms with Crippen molar-refractivity contribution in [1.29, 1.82) is 5.41 Å². The van der Waals surface area contributed by atoms with Crippen LogP contribution in [0.5, 0.6) is 0 Å². The molecule has 0 bridgehead atoms. The number of imide groups is 1. The summed E-state index contributed by atoms with van der Waals surface area (Å²) in [5.41, 5.74) is 0. The Bertz CT molecular complexity index is 425. The number of ether oxygens (including phenoxy) is 1. The topological polar surface area (TPSA) is 85.7 Å². The van der Waals surface area contributed by atoms with Gasteiger partial charge in [-0.2, -0.15) is 4.90 Å². The second kappa shape index (κ2) is 9.64. The Morgan fingerprint density at radius 3 is 2.43 bits per heavy atom. The highest BCUT2D eigenvalue weighted by Gasteiger charge is 2.30. The van der Waals surface area contributed by atoms with Gasteiger partial charge >= 0.3 is 18.1 Å². The van der Waals surface area contributed by atoms with Gasteiger partial charge in [0.25, 0.3) is 0 Å². The zero-order valence-corrected chi connectivity index (χ0v) is 15.2. The number of nitrogens with zero attached hydrogens (tertiary/aromatic N) is 2. The molecule has 1 saturated carbocycles. The van der Waals surface area contributed by atoms with Crippen molar-refractivity contribution in [3.8, 4) is 0 Å². The molecule has 1 atom stereocenters. The Morgan fingerprint density at radius 1 is 1.30 bits per heavy atom. The van der Waals surface area contributed by atoms with Crippen molar-refractivity contribution in [2.45, 2.75) is 63.7 Å². The highest BCUT2D eigenvalue weighted by Crippen LogP contribution is 2.26. The SMILES string of the molecule is CCC(C)OC(=N)N(C(=O)NSC1CCCCC1)C(=O)N(C)C. The van der Waals surface area contributed by atoms with Crippen molar-refractivity contribution >= 4 is 30.0 Å². The maximum atomic E-state index is 12.4. The summed E-state index contributed by atoms with van der Waals surface area (Å²) < 4.78 is 8.03. The van der Waals surface area contributed by atoms with Gasteiger partial charge in [-0.1, -0.05) is 26.2 Å². The van der Waals surface area contributed by atoms with Crippen LogP contribution in [-0.4, -0.2) is 53.3 Å². The predicted octanol–water partition coefficient (Wildman–Crippen LogP) is 3.41. The van der Waals surface area contributed by atoms with Gasteiger partial charge in [0.05, 0.1) is 6.10 Å². The number of nitrogens with one attached hydrogen (secondary N) is 2. The van der Waals surface area contributed by atoms with Gasteiger partial charge in [-0.15, -0.1) is 0 Å². The van der Waals surface area contributed by atoms with E-state index in [0.717, 1.165) is 17.7 Å². The molecule has 1 rings (SSSR count). The molecule has 8 heteroatoms. The first-order chi connectivity index (χ1) is 10.9. The zero-order valence-electron chi connectivity index (χ0n) is 14.4. The van der Waals surface area contributed by atoms with Crippen molar-refractivity contribution in [2.75, 3.05) is 14.1 Å². The normalized spacial score (nSPS) is 16.3. The Morgan fingerprint density at radius 2 is 1.91 bits per heavy atom. The third kappa shape index (κ3) is 6.29. The lowest BCUT2D eigenvalue weighted by Gasteiger charge is -2.27. The van der Waals surface area contributed by atoms with Gasteiger partial charge in [-0.05, 0) is 38.1 Å². The standard InChI is InChI=1S/C15H28N4O3S/c1-5-11(2)22-13(16)19(15(21)18(3)4)14(20)17-23-12-9-7-6-8-10-12/h11-12,16H,5-10H2,1-4H3,(H,17,20). The average Bonchev–Trinajstić information content (AvgIpc) is 2.53. The summed E-state index contributed by atoms with van der Waals surface area (Å²) in [6, 6.07) is -1.67. The third-order valence-corrected chi connectivity index (χ3v) is 4.83. The average molecular weight is 344 g/mol. The molecule has 1 aliphatic rings. The molecule has 23 heavy (non-hydrogen) atoms. The molecule has 0 aromatic heterocycles. The summed E-state index contributed by atoms with van der Waals surface area (Å²) in [6.07, 6.45) is 6.15. The first kappa shape index (κ1) is 19.6. The summed E-state index contributed by atoms with van der Waals surface area (Å²) in [7, 11) is 3.07. The van der Waals surface area contributed by atoms with Crippen LogP contribution in [0, 0.1) is 5.41 Å². The highest BCUT2D eigenvalue weighted by molar-refractivity contribution is 7.98. The number of urea groups is 2. The summed E-state index contributed by atoms with van der Waals surface area (Å²) >= 11 is 1.34. The number of carbonyl (C=O) groups is 2. The van der Waals surface area contributed by atoms with E-state index in [9.17, 15) is 9.59 Å². The minimum Gasteiger partial charge on any atom is -0.462 e. The molecular weight excluding hydrogens is 316 g/mol. The second-order valence-electron chi connectivity index (χ2n) is 5.94. The van der Waals surface area contributed by atoms with E-state index in [-0.39, 0.29) is 6.10 Å². The minimum absolute atomic E-state index is 0.237. The molecule has 0 aliphatic heterocycles. The first-order valence-electron chi connectivity index (χ1n) is 8.09. The zero-order chi connectivity index (χ0) is 17.4. The molecule has 2 N–H and O–H groups in total. The first-order valence-corrected chi connectivity index (χ1v) is 8.97. The van der Waals surface area contributed by atoms with Gasteiger partial charge in [0.15, 0.2) is 0 Å². The van der Waals surface area contributed by atoms with Gasteiger partial charge in [0, 0.05) is 19.3 Å². The summed E-state index contributed by atoms with van der Waals surface area (Å²) in [6.45, 7) is 3.70. The van der Waals surface area contributed by atoms with Crippen LogP contribution in [0.15, 0.2) is 0 Å². The Balaban J connectivity index is 2.67. The molecule has 0 spiro atoms. The maximum absolute atomic E-state index is 12.4. The van der Waals surface area contributed by atoms with E-state index in [1.165, 1.54) is 50.2 Å². The highest BCUT2D eigenvalue weighted by atomic mass is 32.2.